The number of nitro groups is 1. The van der Waals surface area contributed by atoms with Crippen molar-refractivity contribution in [1.29, 1.82) is 0 Å². The van der Waals surface area contributed by atoms with Gasteiger partial charge in [0, 0.05) is 12.1 Å². The molecule has 0 N–H and O–H groups in total. The lowest BCUT2D eigenvalue weighted by Gasteiger charge is -2.13. The van der Waals surface area contributed by atoms with Gasteiger partial charge < -0.3 is 9.47 Å². The molecule has 0 aromatic heterocycles. The first-order valence-electron chi connectivity index (χ1n) is 7.22. The molecule has 2 rings (SSSR count). The number of carbonyl (C=O) groups is 1. The van der Waals surface area contributed by atoms with E-state index in [1.165, 1.54) is 12.1 Å². The third kappa shape index (κ3) is 4.11. The highest BCUT2D eigenvalue weighted by molar-refractivity contribution is 9.10. The number of ether oxygens (including phenoxy) is 2. The lowest BCUT2D eigenvalue weighted by Crippen LogP contribution is -2.13. The predicted octanol–water partition coefficient (Wildman–Crippen LogP) is 5.02. The van der Waals surface area contributed by atoms with Crippen LogP contribution < -0.4 is 4.74 Å². The number of rotatable bonds is 5. The van der Waals surface area contributed by atoms with Gasteiger partial charge in [-0.05, 0) is 54.4 Å². The molecule has 126 valence electrons. The average Bonchev–Trinajstić information content (AvgIpc) is 2.50. The van der Waals surface area contributed by atoms with E-state index in [0.29, 0.717) is 17.1 Å². The molecule has 0 aliphatic rings. The standard InChI is InChI=1S/C17H16BrNO5/c1-10(2)23-17(20)12-9-16(11(3)8-14(12)19(21)22)24-15-7-5-4-6-13(15)18/h4-10H,1-3H3. The second-order valence-corrected chi connectivity index (χ2v) is 6.23. The zero-order valence-electron chi connectivity index (χ0n) is 13.4. The van der Waals surface area contributed by atoms with E-state index in [-0.39, 0.29) is 17.4 Å². The Balaban J connectivity index is 2.48. The lowest BCUT2D eigenvalue weighted by atomic mass is 10.1. The van der Waals surface area contributed by atoms with Crippen LogP contribution in [0.1, 0.15) is 29.8 Å². The number of esters is 1. The summed E-state index contributed by atoms with van der Waals surface area (Å²) in [4.78, 5) is 22.8. The van der Waals surface area contributed by atoms with Crippen molar-refractivity contribution in [3.8, 4) is 11.5 Å². The molecule has 0 amide bonds. The highest BCUT2D eigenvalue weighted by Gasteiger charge is 2.25. The Morgan fingerprint density at radius 1 is 1.21 bits per heavy atom. The van der Waals surface area contributed by atoms with Crippen LogP contribution in [-0.4, -0.2) is 17.0 Å². The summed E-state index contributed by atoms with van der Waals surface area (Å²) in [7, 11) is 0. The summed E-state index contributed by atoms with van der Waals surface area (Å²) in [6.07, 6.45) is -0.383. The molecule has 0 bridgehead atoms. The van der Waals surface area contributed by atoms with E-state index in [1.54, 1.807) is 32.9 Å². The molecular weight excluding hydrogens is 378 g/mol. The first-order valence-corrected chi connectivity index (χ1v) is 8.01. The van der Waals surface area contributed by atoms with Gasteiger partial charge in [0.15, 0.2) is 0 Å². The van der Waals surface area contributed by atoms with E-state index in [1.807, 2.05) is 12.1 Å². The van der Waals surface area contributed by atoms with Gasteiger partial charge in [-0.1, -0.05) is 12.1 Å². The molecule has 2 aromatic carbocycles. The second-order valence-electron chi connectivity index (χ2n) is 5.38. The van der Waals surface area contributed by atoms with Crippen molar-refractivity contribution < 1.29 is 19.2 Å². The molecular formula is C17H16BrNO5. The van der Waals surface area contributed by atoms with Crippen LogP contribution >= 0.6 is 15.9 Å². The lowest BCUT2D eigenvalue weighted by molar-refractivity contribution is -0.385. The summed E-state index contributed by atoms with van der Waals surface area (Å²) in [5, 5.41) is 11.2. The predicted molar refractivity (Wildman–Crippen MR) is 92.6 cm³/mol. The fourth-order valence-electron chi connectivity index (χ4n) is 2.02. The smallest absolute Gasteiger partial charge is 0.345 e. The van der Waals surface area contributed by atoms with E-state index >= 15 is 0 Å². The molecule has 0 aliphatic carbocycles. The number of hydrogen-bond donors (Lipinski definition) is 0. The Kier molecular flexibility index (Phi) is 5.56. The van der Waals surface area contributed by atoms with Gasteiger partial charge >= 0.3 is 5.97 Å². The number of nitro benzene ring substituents is 1. The second kappa shape index (κ2) is 7.44. The van der Waals surface area contributed by atoms with Crippen LogP contribution in [0.15, 0.2) is 40.9 Å². The summed E-state index contributed by atoms with van der Waals surface area (Å²) in [5.74, 6) is 0.134. The van der Waals surface area contributed by atoms with Crippen LogP contribution in [0.4, 0.5) is 5.69 Å². The molecule has 0 atom stereocenters. The number of nitrogens with zero attached hydrogens (tertiary/aromatic N) is 1. The number of aryl methyl sites for hydroxylation is 1. The first kappa shape index (κ1) is 17.9. The fourth-order valence-corrected chi connectivity index (χ4v) is 2.39. The van der Waals surface area contributed by atoms with Crippen molar-refractivity contribution in [3.63, 3.8) is 0 Å². The maximum Gasteiger partial charge on any atom is 0.345 e. The van der Waals surface area contributed by atoms with Crippen LogP contribution in [0.2, 0.25) is 0 Å². The zero-order valence-corrected chi connectivity index (χ0v) is 15.0. The third-order valence-electron chi connectivity index (χ3n) is 3.11. The Morgan fingerprint density at radius 2 is 1.88 bits per heavy atom. The molecule has 6 nitrogen and oxygen atoms in total. The molecule has 0 aliphatic heterocycles. The van der Waals surface area contributed by atoms with E-state index in [4.69, 9.17) is 9.47 Å². The van der Waals surface area contributed by atoms with E-state index in [2.05, 4.69) is 15.9 Å². The highest BCUT2D eigenvalue weighted by Crippen LogP contribution is 2.35. The molecule has 2 aromatic rings. The quantitative estimate of drug-likeness (QED) is 0.404. The van der Waals surface area contributed by atoms with Crippen molar-refractivity contribution in [2.75, 3.05) is 0 Å². The first-order chi connectivity index (χ1) is 11.3. The fraction of sp³-hybridized carbons (Fsp3) is 0.235. The number of carbonyl (C=O) groups excluding carboxylic acids is 1. The summed E-state index contributed by atoms with van der Waals surface area (Å²) in [6.45, 7) is 5.03. The summed E-state index contributed by atoms with van der Waals surface area (Å²) < 4.78 is 11.6. The van der Waals surface area contributed by atoms with Crippen molar-refractivity contribution in [3.05, 3.63) is 62.1 Å². The third-order valence-corrected chi connectivity index (χ3v) is 3.76. The molecule has 24 heavy (non-hydrogen) atoms. The zero-order chi connectivity index (χ0) is 17.9. The van der Waals surface area contributed by atoms with Gasteiger partial charge in [-0.25, -0.2) is 4.79 Å². The van der Waals surface area contributed by atoms with Gasteiger partial charge in [-0.15, -0.1) is 0 Å². The molecule has 0 heterocycles. The molecule has 0 spiro atoms. The maximum absolute atomic E-state index is 12.2. The Morgan fingerprint density at radius 3 is 2.46 bits per heavy atom. The summed E-state index contributed by atoms with van der Waals surface area (Å²) in [6, 6.07) is 9.85. The van der Waals surface area contributed by atoms with Crippen LogP contribution in [0.3, 0.4) is 0 Å². The van der Waals surface area contributed by atoms with Gasteiger partial charge in [-0.3, -0.25) is 10.1 Å². The normalized spacial score (nSPS) is 10.5. The number of benzene rings is 2. The van der Waals surface area contributed by atoms with Crippen molar-refractivity contribution in [2.45, 2.75) is 26.9 Å². The van der Waals surface area contributed by atoms with Crippen LogP contribution in [-0.2, 0) is 4.74 Å². The average molecular weight is 394 g/mol. The van der Waals surface area contributed by atoms with Gasteiger partial charge in [0.05, 0.1) is 15.5 Å². The topological polar surface area (TPSA) is 78.7 Å². The minimum absolute atomic E-state index is 0.138. The summed E-state index contributed by atoms with van der Waals surface area (Å²) >= 11 is 3.37. The van der Waals surface area contributed by atoms with Crippen molar-refractivity contribution in [1.82, 2.24) is 0 Å². The highest BCUT2D eigenvalue weighted by atomic mass is 79.9. The Labute approximate surface area is 147 Å². The molecule has 7 heteroatoms. The molecule has 0 saturated heterocycles. The van der Waals surface area contributed by atoms with E-state index in [0.717, 1.165) is 4.47 Å². The number of hydrogen-bond acceptors (Lipinski definition) is 5. The van der Waals surface area contributed by atoms with Crippen LogP contribution in [0, 0.1) is 17.0 Å². The summed E-state index contributed by atoms with van der Waals surface area (Å²) in [5.41, 5.74) is 0.0949. The minimum atomic E-state index is -0.756. The van der Waals surface area contributed by atoms with Gasteiger partial charge in [0.25, 0.3) is 5.69 Å². The van der Waals surface area contributed by atoms with Crippen LogP contribution in [0.25, 0.3) is 0 Å². The van der Waals surface area contributed by atoms with Crippen molar-refractivity contribution >= 4 is 27.6 Å². The maximum atomic E-state index is 12.2. The van der Waals surface area contributed by atoms with Gasteiger partial charge in [0.1, 0.15) is 17.1 Å². The van der Waals surface area contributed by atoms with Gasteiger partial charge in [-0.2, -0.15) is 0 Å². The van der Waals surface area contributed by atoms with Crippen LogP contribution in [0.5, 0.6) is 11.5 Å². The number of para-hydroxylation sites is 1. The molecule has 0 radical (unpaired) electrons. The molecule has 0 fully saturated rings. The number of halogens is 1. The van der Waals surface area contributed by atoms with E-state index < -0.39 is 10.9 Å². The van der Waals surface area contributed by atoms with Crippen molar-refractivity contribution in [2.24, 2.45) is 0 Å². The monoisotopic (exact) mass is 393 g/mol. The SMILES string of the molecule is Cc1cc([N+](=O)[O-])c(C(=O)OC(C)C)cc1Oc1ccccc1Br. The van der Waals surface area contributed by atoms with E-state index in [9.17, 15) is 14.9 Å². The van der Waals surface area contributed by atoms with Gasteiger partial charge in [0.2, 0.25) is 0 Å². The molecule has 0 saturated carbocycles. The Hall–Kier alpha value is -2.41. The largest absolute Gasteiger partial charge is 0.459 e. The molecule has 0 unspecified atom stereocenters. The minimum Gasteiger partial charge on any atom is -0.459 e. The Bertz CT molecular complexity index is 789.